The quantitative estimate of drug-likeness (QED) is 0.608. The molecule has 30 heavy (non-hydrogen) atoms. The first-order valence-corrected chi connectivity index (χ1v) is 11.2. The number of ether oxygens (including phenoxy) is 2. The Balaban J connectivity index is 1.86. The van der Waals surface area contributed by atoms with Crippen molar-refractivity contribution < 1.29 is 14.3 Å². The van der Waals surface area contributed by atoms with Crippen LogP contribution in [0.15, 0.2) is 48.5 Å². The Kier molecular flexibility index (Phi) is 5.20. The summed E-state index contributed by atoms with van der Waals surface area (Å²) in [6, 6.07) is 16.4. The van der Waals surface area contributed by atoms with Crippen molar-refractivity contribution in [3.8, 4) is 11.5 Å². The van der Waals surface area contributed by atoms with Crippen molar-refractivity contribution in [1.82, 2.24) is 0 Å². The third kappa shape index (κ3) is 2.60. The van der Waals surface area contributed by atoms with Crippen LogP contribution in [-0.4, -0.2) is 20.0 Å². The van der Waals surface area contributed by atoms with Gasteiger partial charge < -0.3 is 9.47 Å². The Labute approximate surface area is 180 Å². The summed E-state index contributed by atoms with van der Waals surface area (Å²) >= 11 is 0. The van der Waals surface area contributed by atoms with Gasteiger partial charge in [0.05, 0.1) is 25.0 Å². The molecule has 0 saturated heterocycles. The monoisotopic (exact) mass is 406 g/mol. The number of ketones is 1. The molecule has 0 amide bonds. The maximum absolute atomic E-state index is 14.7. The molecule has 2 saturated carbocycles. The number of benzene rings is 2. The van der Waals surface area contributed by atoms with Gasteiger partial charge in [-0.25, -0.2) is 0 Å². The lowest BCUT2D eigenvalue weighted by atomic mass is 9.39. The average molecular weight is 407 g/mol. The van der Waals surface area contributed by atoms with E-state index in [-0.39, 0.29) is 0 Å². The SMILES string of the molecule is COc1ccc(C2(C(=O)C3(c4ccc(OC)cc4)C(C)CC3C)C(C)CC2C)cc1. The zero-order valence-electron chi connectivity index (χ0n) is 19.1. The summed E-state index contributed by atoms with van der Waals surface area (Å²) in [6.07, 6.45) is 2.17. The van der Waals surface area contributed by atoms with Crippen molar-refractivity contribution in [2.45, 2.75) is 51.4 Å². The topological polar surface area (TPSA) is 35.5 Å². The second kappa shape index (κ2) is 7.44. The lowest BCUT2D eigenvalue weighted by molar-refractivity contribution is -0.153. The zero-order valence-corrected chi connectivity index (χ0v) is 19.1. The predicted molar refractivity (Wildman–Crippen MR) is 120 cm³/mol. The third-order valence-electron chi connectivity index (χ3n) is 8.41. The van der Waals surface area contributed by atoms with Crippen LogP contribution in [0.4, 0.5) is 0 Å². The fraction of sp³-hybridized carbons (Fsp3) is 0.519. The number of methoxy groups -OCH3 is 2. The van der Waals surface area contributed by atoms with Crippen molar-refractivity contribution in [2.75, 3.05) is 14.2 Å². The van der Waals surface area contributed by atoms with Crippen LogP contribution >= 0.6 is 0 Å². The van der Waals surface area contributed by atoms with E-state index in [2.05, 4.69) is 52.0 Å². The van der Waals surface area contributed by atoms with Crippen molar-refractivity contribution in [2.24, 2.45) is 23.7 Å². The molecule has 0 N–H and O–H groups in total. The maximum Gasteiger partial charge on any atom is 0.154 e. The molecule has 2 aromatic rings. The maximum atomic E-state index is 14.7. The van der Waals surface area contributed by atoms with Gasteiger partial charge in [-0.3, -0.25) is 4.79 Å². The molecule has 0 spiro atoms. The van der Waals surface area contributed by atoms with Crippen LogP contribution in [0.1, 0.15) is 51.7 Å². The first-order chi connectivity index (χ1) is 14.3. The molecule has 2 aliphatic rings. The standard InChI is InChI=1S/C27H34O3/c1-17-15-18(2)26(17,21-7-11-23(29-5)12-8-21)25(28)27(19(3)16-20(27)4)22-9-13-24(30-6)14-10-22/h7-14,17-20H,15-16H2,1-6H3. The van der Waals surface area contributed by atoms with Crippen molar-refractivity contribution in [3.05, 3.63) is 59.7 Å². The Bertz CT molecular complexity index is 821. The zero-order chi connectivity index (χ0) is 21.7. The molecule has 0 radical (unpaired) electrons. The highest BCUT2D eigenvalue weighted by molar-refractivity contribution is 6.02. The molecule has 0 heterocycles. The summed E-state index contributed by atoms with van der Waals surface area (Å²) in [5.74, 6) is 3.36. The van der Waals surface area contributed by atoms with E-state index in [9.17, 15) is 4.79 Å². The lowest BCUT2D eigenvalue weighted by Crippen LogP contribution is -2.68. The van der Waals surface area contributed by atoms with Crippen LogP contribution in [0, 0.1) is 23.7 Å². The highest BCUT2D eigenvalue weighted by Gasteiger charge is 2.67. The molecule has 160 valence electrons. The molecule has 2 aromatic carbocycles. The van der Waals surface area contributed by atoms with Crippen LogP contribution in [0.3, 0.4) is 0 Å². The highest BCUT2D eigenvalue weighted by Crippen LogP contribution is 2.63. The smallest absolute Gasteiger partial charge is 0.154 e. The number of hydrogen-bond acceptors (Lipinski definition) is 3. The first kappa shape index (κ1) is 21.0. The molecule has 4 unspecified atom stereocenters. The number of hydrogen-bond donors (Lipinski definition) is 0. The van der Waals surface area contributed by atoms with Gasteiger partial charge in [-0.15, -0.1) is 0 Å². The van der Waals surface area contributed by atoms with Gasteiger partial charge in [-0.1, -0.05) is 52.0 Å². The minimum absolute atomic E-state index is 0.323. The molecule has 2 fully saturated rings. The van der Waals surface area contributed by atoms with Gasteiger partial charge in [0.2, 0.25) is 0 Å². The molecule has 0 bridgehead atoms. The minimum atomic E-state index is -0.449. The van der Waals surface area contributed by atoms with E-state index in [0.717, 1.165) is 35.5 Å². The fourth-order valence-corrected chi connectivity index (χ4v) is 6.83. The highest BCUT2D eigenvalue weighted by atomic mass is 16.5. The van der Waals surface area contributed by atoms with E-state index >= 15 is 0 Å². The van der Waals surface area contributed by atoms with Crippen LogP contribution in [-0.2, 0) is 15.6 Å². The van der Waals surface area contributed by atoms with E-state index < -0.39 is 10.8 Å². The minimum Gasteiger partial charge on any atom is -0.497 e. The average Bonchev–Trinajstić information content (AvgIpc) is 2.75. The Morgan fingerprint density at radius 1 is 0.667 bits per heavy atom. The summed E-state index contributed by atoms with van der Waals surface area (Å²) < 4.78 is 10.8. The summed E-state index contributed by atoms with van der Waals surface area (Å²) in [5.41, 5.74) is 1.38. The number of carbonyl (C=O) groups is 1. The Hall–Kier alpha value is -2.29. The van der Waals surface area contributed by atoms with Crippen LogP contribution in [0.25, 0.3) is 0 Å². The van der Waals surface area contributed by atoms with Crippen LogP contribution in [0.5, 0.6) is 11.5 Å². The predicted octanol–water partition coefficient (Wildman–Crippen LogP) is 5.80. The summed E-state index contributed by atoms with van der Waals surface area (Å²) in [4.78, 5) is 14.7. The van der Waals surface area contributed by atoms with Gasteiger partial charge in [0, 0.05) is 0 Å². The second-order valence-electron chi connectivity index (χ2n) is 9.60. The van der Waals surface area contributed by atoms with Crippen molar-refractivity contribution >= 4 is 5.78 Å². The molecule has 2 aliphatic carbocycles. The molecule has 3 nitrogen and oxygen atoms in total. The largest absolute Gasteiger partial charge is 0.497 e. The van der Waals surface area contributed by atoms with Crippen LogP contribution in [0.2, 0.25) is 0 Å². The van der Waals surface area contributed by atoms with Crippen molar-refractivity contribution in [3.63, 3.8) is 0 Å². The van der Waals surface area contributed by atoms with Crippen molar-refractivity contribution in [1.29, 1.82) is 0 Å². The number of rotatable bonds is 6. The third-order valence-corrected chi connectivity index (χ3v) is 8.41. The van der Waals surface area contributed by atoms with Gasteiger partial charge in [0.1, 0.15) is 11.5 Å². The number of Topliss-reactive ketones (excluding diaryl/α,β-unsaturated/α-hetero) is 1. The Morgan fingerprint density at radius 2 is 0.967 bits per heavy atom. The fourth-order valence-electron chi connectivity index (χ4n) is 6.83. The lowest BCUT2D eigenvalue weighted by Gasteiger charge is -2.62. The molecule has 0 aromatic heterocycles. The van der Waals surface area contributed by atoms with Crippen LogP contribution < -0.4 is 9.47 Å². The summed E-state index contributed by atoms with van der Waals surface area (Å²) in [7, 11) is 3.36. The normalized spacial score (nSPS) is 35.1. The summed E-state index contributed by atoms with van der Waals surface area (Å²) in [6.45, 7) is 8.99. The number of carbonyl (C=O) groups excluding carboxylic acids is 1. The van der Waals surface area contributed by atoms with E-state index in [0.29, 0.717) is 29.5 Å². The van der Waals surface area contributed by atoms with E-state index in [4.69, 9.17) is 9.47 Å². The molecular formula is C27H34O3. The van der Waals surface area contributed by atoms with E-state index in [1.165, 1.54) is 0 Å². The molecule has 0 aliphatic heterocycles. The second-order valence-corrected chi connectivity index (χ2v) is 9.60. The van der Waals surface area contributed by atoms with E-state index in [1.807, 2.05) is 24.3 Å². The Morgan fingerprint density at radius 3 is 1.20 bits per heavy atom. The molecule has 4 atom stereocenters. The first-order valence-electron chi connectivity index (χ1n) is 11.2. The van der Waals surface area contributed by atoms with Gasteiger partial charge in [0.25, 0.3) is 0 Å². The van der Waals surface area contributed by atoms with Gasteiger partial charge in [-0.2, -0.15) is 0 Å². The van der Waals surface area contributed by atoms with Gasteiger partial charge >= 0.3 is 0 Å². The van der Waals surface area contributed by atoms with Gasteiger partial charge in [-0.05, 0) is 71.9 Å². The van der Waals surface area contributed by atoms with Gasteiger partial charge in [0.15, 0.2) is 5.78 Å². The summed E-state index contributed by atoms with van der Waals surface area (Å²) in [5, 5.41) is 0. The molecular weight excluding hydrogens is 372 g/mol. The molecule has 4 rings (SSSR count). The molecule has 3 heteroatoms. The van der Waals surface area contributed by atoms with E-state index in [1.54, 1.807) is 14.2 Å².